The minimum absolute atomic E-state index is 0.136. The van der Waals surface area contributed by atoms with Gasteiger partial charge in [-0.15, -0.1) is 0 Å². The van der Waals surface area contributed by atoms with Crippen molar-refractivity contribution in [2.75, 3.05) is 33.9 Å². The summed E-state index contributed by atoms with van der Waals surface area (Å²) in [5, 5.41) is 12.5. The van der Waals surface area contributed by atoms with Gasteiger partial charge in [-0.25, -0.2) is 0 Å². The number of methoxy groups -OCH3 is 2. The number of fused-ring (bicyclic) bond motifs is 3. The van der Waals surface area contributed by atoms with Crippen molar-refractivity contribution in [1.29, 1.82) is 0 Å². The van der Waals surface area contributed by atoms with Gasteiger partial charge in [0.15, 0.2) is 0 Å². The van der Waals surface area contributed by atoms with Crippen LogP contribution >= 0.6 is 0 Å². The second-order valence-corrected chi connectivity index (χ2v) is 13.5. The van der Waals surface area contributed by atoms with Crippen molar-refractivity contribution < 1.29 is 28.7 Å². The molecule has 0 saturated heterocycles. The van der Waals surface area contributed by atoms with Crippen molar-refractivity contribution in [2.24, 2.45) is 5.92 Å². The molecule has 2 aliphatic rings. The van der Waals surface area contributed by atoms with Crippen LogP contribution in [0, 0.1) is 5.92 Å². The van der Waals surface area contributed by atoms with E-state index in [1.165, 1.54) is 0 Å². The van der Waals surface area contributed by atoms with E-state index in [1.807, 2.05) is 62.4 Å². The van der Waals surface area contributed by atoms with Gasteiger partial charge in [-0.05, 0) is 84.2 Å². The first-order valence-electron chi connectivity index (χ1n) is 17.4. The summed E-state index contributed by atoms with van der Waals surface area (Å²) in [6, 6.07) is 18.7. The smallest absolute Gasteiger partial charge is 0.251 e. The fraction of sp³-hybridized carbons (Fsp3) is 0.436. The lowest BCUT2D eigenvalue weighted by Gasteiger charge is -2.34. The fourth-order valence-electron chi connectivity index (χ4n) is 6.70. The third-order valence-electron chi connectivity index (χ3n) is 9.28. The van der Waals surface area contributed by atoms with E-state index in [9.17, 15) is 19.2 Å². The molecule has 50 heavy (non-hydrogen) atoms. The molecule has 2 bridgehead atoms. The van der Waals surface area contributed by atoms with Gasteiger partial charge in [0.25, 0.3) is 5.91 Å². The number of carbonyl (C=O) groups is 4. The summed E-state index contributed by atoms with van der Waals surface area (Å²) in [5.41, 5.74) is 4.30. The Labute approximate surface area is 294 Å². The molecule has 3 aromatic rings. The third kappa shape index (κ3) is 9.62. The maximum atomic E-state index is 14.2. The summed E-state index contributed by atoms with van der Waals surface area (Å²) < 4.78 is 10.9. The highest BCUT2D eigenvalue weighted by Gasteiger charge is 2.32. The molecule has 0 spiro atoms. The number of aryl methyl sites for hydroxylation is 1. The SMILES string of the molecule is COc1ccc(C[C@@H]2NC(=O)c3ccc(OC)c(c3)CCCNC(=O)CN(C(=O)[C@H]3Cc4ccccc4CN3)C[C@H](CC(C)C)NC2=O)cc1. The monoisotopic (exact) mass is 683 g/mol. The summed E-state index contributed by atoms with van der Waals surface area (Å²) in [4.78, 5) is 57.0. The van der Waals surface area contributed by atoms with Gasteiger partial charge >= 0.3 is 0 Å². The van der Waals surface area contributed by atoms with Crippen LogP contribution in [0.15, 0.2) is 66.7 Å². The Kier molecular flexibility index (Phi) is 12.5. The van der Waals surface area contributed by atoms with Crippen molar-refractivity contribution in [2.45, 2.75) is 70.6 Å². The molecule has 11 heteroatoms. The highest BCUT2D eigenvalue weighted by Crippen LogP contribution is 2.23. The van der Waals surface area contributed by atoms with Crippen LogP contribution in [0.2, 0.25) is 0 Å². The van der Waals surface area contributed by atoms with Crippen molar-refractivity contribution in [3.05, 3.63) is 94.5 Å². The van der Waals surface area contributed by atoms with Crippen LogP contribution < -0.4 is 30.7 Å². The number of nitrogens with zero attached hydrogens (tertiary/aromatic N) is 1. The van der Waals surface area contributed by atoms with Crippen LogP contribution in [0.25, 0.3) is 0 Å². The number of amides is 4. The molecule has 11 nitrogen and oxygen atoms in total. The molecule has 0 fully saturated rings. The van der Waals surface area contributed by atoms with Gasteiger partial charge in [-0.1, -0.05) is 50.2 Å². The molecule has 5 rings (SSSR count). The minimum atomic E-state index is -0.921. The number of nitrogens with one attached hydrogen (secondary N) is 4. The molecule has 266 valence electrons. The molecular weight excluding hydrogens is 634 g/mol. The number of benzene rings is 3. The quantitative estimate of drug-likeness (QED) is 0.300. The summed E-state index contributed by atoms with van der Waals surface area (Å²) in [6.45, 7) is 5.02. The molecule has 0 radical (unpaired) electrons. The van der Waals surface area contributed by atoms with Crippen LogP contribution in [0.3, 0.4) is 0 Å². The second kappa shape index (κ2) is 17.2. The van der Waals surface area contributed by atoms with E-state index in [1.54, 1.807) is 37.3 Å². The van der Waals surface area contributed by atoms with Crippen LogP contribution in [0.5, 0.6) is 11.5 Å². The Morgan fingerprint density at radius 1 is 0.920 bits per heavy atom. The van der Waals surface area contributed by atoms with Crippen molar-refractivity contribution in [3.63, 3.8) is 0 Å². The molecule has 3 atom stereocenters. The summed E-state index contributed by atoms with van der Waals surface area (Å²) in [5.74, 6) is 0.257. The molecule has 4 amide bonds. The van der Waals surface area contributed by atoms with Crippen molar-refractivity contribution in [3.8, 4) is 11.5 Å². The molecule has 0 aliphatic carbocycles. The maximum absolute atomic E-state index is 14.2. The van der Waals surface area contributed by atoms with E-state index in [0.29, 0.717) is 55.8 Å². The van der Waals surface area contributed by atoms with Gasteiger partial charge in [0.05, 0.1) is 26.8 Å². The predicted octanol–water partition coefficient (Wildman–Crippen LogP) is 3.18. The first kappa shape index (κ1) is 36.4. The van der Waals surface area contributed by atoms with E-state index in [0.717, 1.165) is 22.3 Å². The average molecular weight is 684 g/mol. The summed E-state index contributed by atoms with van der Waals surface area (Å²) in [6.07, 6.45) is 2.44. The molecule has 2 aliphatic heterocycles. The van der Waals surface area contributed by atoms with Gasteiger partial charge in [-0.2, -0.15) is 0 Å². The van der Waals surface area contributed by atoms with Crippen LogP contribution in [-0.4, -0.2) is 80.5 Å². The van der Waals surface area contributed by atoms with Gasteiger partial charge in [0.1, 0.15) is 17.5 Å². The molecule has 2 heterocycles. The largest absolute Gasteiger partial charge is 0.497 e. The lowest BCUT2D eigenvalue weighted by molar-refractivity contribution is -0.138. The first-order valence-corrected chi connectivity index (χ1v) is 17.4. The number of ether oxygens (including phenoxy) is 2. The Balaban J connectivity index is 1.46. The van der Waals surface area contributed by atoms with E-state index in [2.05, 4.69) is 21.3 Å². The Morgan fingerprint density at radius 3 is 2.40 bits per heavy atom. The van der Waals surface area contributed by atoms with E-state index in [-0.39, 0.29) is 49.1 Å². The molecule has 3 aromatic carbocycles. The first-order chi connectivity index (χ1) is 24.1. The Morgan fingerprint density at radius 2 is 1.68 bits per heavy atom. The van der Waals surface area contributed by atoms with Gasteiger partial charge < -0.3 is 35.6 Å². The zero-order valence-electron chi connectivity index (χ0n) is 29.4. The van der Waals surface area contributed by atoms with Crippen molar-refractivity contribution in [1.82, 2.24) is 26.2 Å². The number of carbonyl (C=O) groups excluding carboxylic acids is 4. The number of hydrogen-bond donors (Lipinski definition) is 4. The zero-order chi connectivity index (χ0) is 35.6. The van der Waals surface area contributed by atoms with Crippen LogP contribution in [0.1, 0.15) is 59.3 Å². The third-order valence-corrected chi connectivity index (χ3v) is 9.28. The Hall–Kier alpha value is -4.90. The predicted molar refractivity (Wildman–Crippen MR) is 191 cm³/mol. The zero-order valence-corrected chi connectivity index (χ0v) is 29.4. The highest BCUT2D eigenvalue weighted by molar-refractivity contribution is 5.98. The standard InChI is InChI=1S/C39H49N5O6/c1-25(2)18-31-23-44(39(48)34-21-27-8-5-6-9-30(27)22-41-34)24-36(45)40-17-7-10-28-20-29(13-16-35(28)50-4)37(46)43-33(38(47)42-31)19-26-11-14-32(49-3)15-12-26/h5-6,8-9,11-16,20,25,31,33-34,41H,7,10,17-19,21-24H2,1-4H3,(H,40,45)(H,42,47)(H,43,46)/t31-,33-,34+/m0/s1. The van der Waals surface area contributed by atoms with E-state index < -0.39 is 18.1 Å². The van der Waals surface area contributed by atoms with Crippen molar-refractivity contribution >= 4 is 23.6 Å². The normalized spacial score (nSPS) is 20.5. The molecular formula is C39H49N5O6. The number of hydrogen-bond acceptors (Lipinski definition) is 7. The van der Waals surface area contributed by atoms with E-state index >= 15 is 0 Å². The Bertz CT molecular complexity index is 1660. The molecule has 0 unspecified atom stereocenters. The fourth-order valence-corrected chi connectivity index (χ4v) is 6.70. The van der Waals surface area contributed by atoms with E-state index in [4.69, 9.17) is 9.47 Å². The van der Waals surface area contributed by atoms with Gasteiger partial charge in [0, 0.05) is 37.7 Å². The number of rotatable bonds is 7. The average Bonchev–Trinajstić information content (AvgIpc) is 3.11. The second-order valence-electron chi connectivity index (χ2n) is 13.5. The molecule has 0 saturated carbocycles. The van der Waals surface area contributed by atoms with Crippen LogP contribution in [0.4, 0.5) is 0 Å². The minimum Gasteiger partial charge on any atom is -0.497 e. The molecule has 4 N–H and O–H groups in total. The lowest BCUT2D eigenvalue weighted by Crippen LogP contribution is -2.57. The van der Waals surface area contributed by atoms with Crippen LogP contribution in [-0.2, 0) is 40.2 Å². The summed E-state index contributed by atoms with van der Waals surface area (Å²) >= 11 is 0. The summed E-state index contributed by atoms with van der Waals surface area (Å²) in [7, 11) is 3.16. The van der Waals surface area contributed by atoms with Gasteiger partial charge in [-0.3, -0.25) is 19.2 Å². The maximum Gasteiger partial charge on any atom is 0.251 e. The molecule has 0 aromatic heterocycles. The van der Waals surface area contributed by atoms with Gasteiger partial charge in [0.2, 0.25) is 17.7 Å². The highest BCUT2D eigenvalue weighted by atomic mass is 16.5. The topological polar surface area (TPSA) is 138 Å². The lowest BCUT2D eigenvalue weighted by atomic mass is 9.95.